The lowest BCUT2D eigenvalue weighted by atomic mass is 9.78. The van der Waals surface area contributed by atoms with E-state index < -0.39 is 10.0 Å². The van der Waals surface area contributed by atoms with Gasteiger partial charge < -0.3 is 10.6 Å². The van der Waals surface area contributed by atoms with Crippen LogP contribution in [0.1, 0.15) is 33.1 Å². The largest absolute Gasteiger partial charge is 0.325 e. The normalized spacial score (nSPS) is 24.3. The molecule has 1 aromatic rings. The number of hydrogen-bond donors (Lipinski definition) is 2. The summed E-state index contributed by atoms with van der Waals surface area (Å²) in [6.07, 6.45) is 3.53. The lowest BCUT2D eigenvalue weighted by Crippen LogP contribution is -2.43. The molecule has 1 fully saturated rings. The van der Waals surface area contributed by atoms with Gasteiger partial charge in [0.2, 0.25) is 15.9 Å². The van der Waals surface area contributed by atoms with Gasteiger partial charge in [-0.1, -0.05) is 32.8 Å². The van der Waals surface area contributed by atoms with Crippen molar-refractivity contribution in [3.05, 3.63) is 24.3 Å². The van der Waals surface area contributed by atoms with Crippen LogP contribution in [0.3, 0.4) is 0 Å². The average Bonchev–Trinajstić information content (AvgIpc) is 2.56. The molecule has 0 spiro atoms. The Morgan fingerprint density at radius 2 is 1.96 bits per heavy atom. The molecular formula is C18H29N3O3S. The second-order valence-corrected chi connectivity index (χ2v) is 9.27. The number of amides is 1. The minimum absolute atomic E-state index is 0.162. The quantitative estimate of drug-likeness (QED) is 0.809. The van der Waals surface area contributed by atoms with Crippen LogP contribution in [0.5, 0.6) is 0 Å². The van der Waals surface area contributed by atoms with Crippen LogP contribution in [-0.2, 0) is 14.8 Å². The van der Waals surface area contributed by atoms with Crippen LogP contribution < -0.4 is 10.6 Å². The van der Waals surface area contributed by atoms with Gasteiger partial charge in [-0.25, -0.2) is 12.7 Å². The molecule has 2 N–H and O–H groups in total. The molecule has 2 rings (SSSR count). The summed E-state index contributed by atoms with van der Waals surface area (Å²) in [5.41, 5.74) is 0.486. The molecule has 0 aromatic heterocycles. The zero-order valence-corrected chi connectivity index (χ0v) is 16.3. The van der Waals surface area contributed by atoms with Gasteiger partial charge in [-0.2, -0.15) is 0 Å². The third kappa shape index (κ3) is 5.03. The number of rotatable bonds is 6. The van der Waals surface area contributed by atoms with Crippen molar-refractivity contribution in [1.82, 2.24) is 9.62 Å². The molecule has 1 saturated carbocycles. The van der Waals surface area contributed by atoms with Crippen molar-refractivity contribution in [2.45, 2.75) is 44.0 Å². The molecule has 3 atom stereocenters. The molecule has 0 heterocycles. The van der Waals surface area contributed by atoms with E-state index in [9.17, 15) is 13.2 Å². The molecule has 1 amide bonds. The maximum atomic E-state index is 12.2. The first-order valence-corrected chi connectivity index (χ1v) is 10.2. The van der Waals surface area contributed by atoms with Crippen LogP contribution in [0.25, 0.3) is 0 Å². The predicted molar refractivity (Wildman–Crippen MR) is 99.9 cm³/mol. The Balaban J connectivity index is 1.95. The molecule has 1 aliphatic rings. The van der Waals surface area contributed by atoms with E-state index in [2.05, 4.69) is 24.5 Å². The smallest absolute Gasteiger partial charge is 0.242 e. The van der Waals surface area contributed by atoms with Gasteiger partial charge in [0.05, 0.1) is 11.4 Å². The number of benzene rings is 1. The number of hydrogen-bond acceptors (Lipinski definition) is 4. The molecule has 25 heavy (non-hydrogen) atoms. The Morgan fingerprint density at radius 1 is 1.24 bits per heavy atom. The van der Waals surface area contributed by atoms with Gasteiger partial charge in [0.25, 0.3) is 0 Å². The molecule has 1 aliphatic carbocycles. The van der Waals surface area contributed by atoms with Gasteiger partial charge in [0, 0.05) is 25.8 Å². The number of carbonyl (C=O) groups is 1. The predicted octanol–water partition coefficient (Wildman–Crippen LogP) is 2.29. The fourth-order valence-electron chi connectivity index (χ4n) is 3.24. The zero-order valence-electron chi connectivity index (χ0n) is 15.5. The van der Waals surface area contributed by atoms with Gasteiger partial charge in [0.15, 0.2) is 0 Å². The van der Waals surface area contributed by atoms with Crippen molar-refractivity contribution in [2.75, 3.05) is 26.0 Å². The van der Waals surface area contributed by atoms with Gasteiger partial charge in [-0.15, -0.1) is 0 Å². The maximum absolute atomic E-state index is 12.2. The summed E-state index contributed by atoms with van der Waals surface area (Å²) in [4.78, 5) is 12.4. The van der Waals surface area contributed by atoms with E-state index in [0.717, 1.165) is 10.7 Å². The topological polar surface area (TPSA) is 78.5 Å². The molecule has 0 unspecified atom stereocenters. The Bertz CT molecular complexity index is 703. The molecule has 7 heteroatoms. The fraction of sp³-hybridized carbons (Fsp3) is 0.611. The average molecular weight is 368 g/mol. The highest BCUT2D eigenvalue weighted by atomic mass is 32.2. The summed E-state index contributed by atoms with van der Waals surface area (Å²) in [5.74, 6) is 1.06. The van der Waals surface area contributed by atoms with E-state index in [0.29, 0.717) is 23.6 Å². The van der Waals surface area contributed by atoms with E-state index in [1.54, 1.807) is 12.1 Å². The number of carbonyl (C=O) groups excluding carboxylic acids is 1. The number of nitrogens with one attached hydrogen (secondary N) is 2. The minimum atomic E-state index is -3.51. The van der Waals surface area contributed by atoms with Crippen LogP contribution in [0.4, 0.5) is 5.69 Å². The van der Waals surface area contributed by atoms with Crippen molar-refractivity contribution in [3.8, 4) is 0 Å². The van der Waals surface area contributed by atoms with Gasteiger partial charge in [-0.05, 0) is 36.5 Å². The van der Waals surface area contributed by atoms with Gasteiger partial charge in [-0.3, -0.25) is 4.79 Å². The molecule has 0 aliphatic heterocycles. The van der Waals surface area contributed by atoms with Crippen LogP contribution in [0, 0.1) is 11.8 Å². The summed E-state index contributed by atoms with van der Waals surface area (Å²) in [6.45, 7) is 4.72. The standard InChI is InChI=1S/C18H29N3O3S/c1-13-7-5-10-17(14(13)2)19-12-18(22)20-15-8-6-9-16(11-15)25(23,24)21(3)4/h6,8-9,11,13-14,17,19H,5,7,10,12H2,1-4H3,(H,20,22)/t13-,14+,17+/m0/s1. The molecule has 6 nitrogen and oxygen atoms in total. The summed E-state index contributed by atoms with van der Waals surface area (Å²) in [5, 5.41) is 6.12. The van der Waals surface area contributed by atoms with Crippen LogP contribution in [0.2, 0.25) is 0 Å². The monoisotopic (exact) mass is 367 g/mol. The first-order valence-electron chi connectivity index (χ1n) is 8.77. The van der Waals surface area contributed by atoms with Crippen LogP contribution in [0.15, 0.2) is 29.2 Å². The minimum Gasteiger partial charge on any atom is -0.325 e. The molecule has 0 saturated heterocycles. The number of nitrogens with zero attached hydrogens (tertiary/aromatic N) is 1. The number of anilines is 1. The summed E-state index contributed by atoms with van der Waals surface area (Å²) >= 11 is 0. The SMILES string of the molecule is C[C@@H]1[C@@H](C)CCC[C@H]1NCC(=O)Nc1cccc(S(=O)(=O)N(C)C)c1. The Labute approximate surface area is 151 Å². The second kappa shape index (κ2) is 8.29. The maximum Gasteiger partial charge on any atom is 0.242 e. The molecule has 1 aromatic carbocycles. The van der Waals surface area contributed by atoms with E-state index >= 15 is 0 Å². The third-order valence-corrected chi connectivity index (χ3v) is 6.94. The van der Waals surface area contributed by atoms with Crippen molar-refractivity contribution in [1.29, 1.82) is 0 Å². The Hall–Kier alpha value is -1.44. The highest BCUT2D eigenvalue weighted by Crippen LogP contribution is 2.29. The van der Waals surface area contributed by atoms with Crippen molar-refractivity contribution >= 4 is 21.6 Å². The summed E-state index contributed by atoms with van der Waals surface area (Å²) < 4.78 is 25.5. The third-order valence-electron chi connectivity index (χ3n) is 5.13. The number of sulfonamides is 1. The van der Waals surface area contributed by atoms with Crippen molar-refractivity contribution < 1.29 is 13.2 Å². The summed E-state index contributed by atoms with van der Waals surface area (Å²) in [7, 11) is -0.546. The van der Waals surface area contributed by atoms with E-state index in [1.807, 2.05) is 0 Å². The van der Waals surface area contributed by atoms with Crippen molar-refractivity contribution in [2.24, 2.45) is 11.8 Å². The van der Waals surface area contributed by atoms with Crippen molar-refractivity contribution in [3.63, 3.8) is 0 Å². The Kier molecular flexibility index (Phi) is 6.59. The summed E-state index contributed by atoms with van der Waals surface area (Å²) in [6, 6.07) is 6.68. The lowest BCUT2D eigenvalue weighted by Gasteiger charge is -2.34. The van der Waals surface area contributed by atoms with Gasteiger partial charge in [0.1, 0.15) is 0 Å². The Morgan fingerprint density at radius 3 is 2.64 bits per heavy atom. The van der Waals surface area contributed by atoms with Gasteiger partial charge >= 0.3 is 0 Å². The van der Waals surface area contributed by atoms with E-state index in [1.165, 1.54) is 39.1 Å². The first kappa shape index (κ1) is 19.9. The van der Waals surface area contributed by atoms with Crippen LogP contribution >= 0.6 is 0 Å². The molecular weight excluding hydrogens is 338 g/mol. The molecule has 140 valence electrons. The highest BCUT2D eigenvalue weighted by molar-refractivity contribution is 7.89. The lowest BCUT2D eigenvalue weighted by molar-refractivity contribution is -0.115. The van der Waals surface area contributed by atoms with E-state index in [4.69, 9.17) is 0 Å². The fourth-order valence-corrected chi connectivity index (χ4v) is 4.19. The second-order valence-electron chi connectivity index (χ2n) is 7.12. The van der Waals surface area contributed by atoms with Crippen LogP contribution in [-0.4, -0.2) is 45.3 Å². The zero-order chi connectivity index (χ0) is 18.6. The van der Waals surface area contributed by atoms with E-state index in [-0.39, 0.29) is 17.3 Å². The molecule has 0 bridgehead atoms. The highest BCUT2D eigenvalue weighted by Gasteiger charge is 2.27. The first-order chi connectivity index (χ1) is 11.7. The molecule has 0 radical (unpaired) electrons.